The van der Waals surface area contributed by atoms with Gasteiger partial charge in [-0.2, -0.15) is 0 Å². The Morgan fingerprint density at radius 2 is 0.552 bits per heavy atom. The minimum absolute atomic E-state index is 0.0723. The Balaban J connectivity index is 5.39. The molecule has 0 aliphatic carbocycles. The number of hydrogen-bond acceptors (Lipinski definition) is 15. The highest BCUT2D eigenvalue weighted by Gasteiger charge is 2.30. The molecular weight excluding hydrogens is 1260 g/mol. The van der Waals surface area contributed by atoms with Crippen molar-refractivity contribution >= 4 is 39.5 Å². The molecule has 0 aromatic carbocycles. The maximum atomic E-state index is 13.1. The first-order valence-corrected chi connectivity index (χ1v) is 40.5. The molecule has 0 saturated carbocycles. The summed E-state index contributed by atoms with van der Waals surface area (Å²) < 4.78 is 68.3. The zero-order chi connectivity index (χ0) is 70.4. The lowest BCUT2D eigenvalue weighted by atomic mass is 10.1. The molecule has 0 aromatic heterocycles. The van der Waals surface area contributed by atoms with Crippen LogP contribution in [0.25, 0.3) is 0 Å². The van der Waals surface area contributed by atoms with E-state index in [2.05, 4.69) is 113 Å². The third-order valence-corrected chi connectivity index (χ3v) is 17.4. The summed E-state index contributed by atoms with van der Waals surface area (Å²) in [6, 6.07) is 0. The molecule has 0 rings (SSSR count). The van der Waals surface area contributed by atoms with Gasteiger partial charge in [0.15, 0.2) is 12.2 Å². The smallest absolute Gasteiger partial charge is 0.462 e. The third kappa shape index (κ3) is 68.5. The standard InChI is InChI=1S/C77H134O17P2/c1-5-9-13-17-21-25-29-33-34-35-36-40-42-46-50-54-58-62-75(80)88-68-73(94-77(82)64-60-56-52-48-44-39-32-28-24-20-16-12-8-4)70-92-96(85,86)90-66-71(78)65-89-95(83,84)91-69-72(93-76(81)63-59-55-51-47-43-38-31-27-23-19-15-11-7-3)67-87-74(79)61-57-53-49-45-41-37-30-26-22-18-14-10-6-2/h9,13,21,25-28,30-34,36,40,46,50,71-73,78H,5-8,10-12,14-20,22-24,29,35,37-39,41-45,47-49,51-70H2,1-4H3,(H,83,84)(H,85,86)/b13-9-,25-21-,30-26-,31-27-,32-28-,34-33-,40-36-,50-46-. The second-order valence-electron chi connectivity index (χ2n) is 24.8. The number of hydrogen-bond donors (Lipinski definition) is 3. The van der Waals surface area contributed by atoms with E-state index < -0.39 is 97.5 Å². The maximum Gasteiger partial charge on any atom is 0.472 e. The highest BCUT2D eigenvalue weighted by atomic mass is 31.2. The molecule has 17 nitrogen and oxygen atoms in total. The molecule has 554 valence electrons. The Labute approximate surface area is 582 Å². The van der Waals surface area contributed by atoms with E-state index in [-0.39, 0.29) is 25.7 Å². The van der Waals surface area contributed by atoms with E-state index >= 15 is 0 Å². The highest BCUT2D eigenvalue weighted by molar-refractivity contribution is 7.47. The van der Waals surface area contributed by atoms with E-state index in [1.165, 1.54) is 77.0 Å². The Morgan fingerprint density at radius 1 is 0.302 bits per heavy atom. The molecule has 0 aliphatic heterocycles. The van der Waals surface area contributed by atoms with Crippen LogP contribution >= 0.6 is 15.6 Å². The van der Waals surface area contributed by atoms with Crippen LogP contribution in [-0.4, -0.2) is 96.7 Å². The Bertz CT molecular complexity index is 2200. The number of rotatable bonds is 70. The molecule has 0 heterocycles. The zero-order valence-electron chi connectivity index (χ0n) is 60.3. The molecule has 0 spiro atoms. The molecule has 0 aliphatic rings. The summed E-state index contributed by atoms with van der Waals surface area (Å²) in [5, 5.41) is 10.6. The molecule has 0 radical (unpaired) electrons. The molecule has 0 saturated heterocycles. The predicted octanol–water partition coefficient (Wildman–Crippen LogP) is 21.2. The maximum absolute atomic E-state index is 13.1. The van der Waals surface area contributed by atoms with Gasteiger partial charge in [0, 0.05) is 25.7 Å². The van der Waals surface area contributed by atoms with Crippen LogP contribution in [0.1, 0.15) is 310 Å². The van der Waals surface area contributed by atoms with Gasteiger partial charge in [-0.05, 0) is 141 Å². The monoisotopic (exact) mass is 1390 g/mol. The van der Waals surface area contributed by atoms with Crippen LogP contribution in [0, 0.1) is 0 Å². The fourth-order valence-electron chi connectivity index (χ4n) is 9.77. The molecule has 3 N–H and O–H groups in total. The van der Waals surface area contributed by atoms with Gasteiger partial charge >= 0.3 is 39.5 Å². The first-order valence-electron chi connectivity index (χ1n) is 37.5. The number of esters is 4. The molecule has 0 fully saturated rings. The van der Waals surface area contributed by atoms with Crippen molar-refractivity contribution in [2.24, 2.45) is 0 Å². The van der Waals surface area contributed by atoms with Crippen molar-refractivity contribution < 1.29 is 80.2 Å². The summed E-state index contributed by atoms with van der Waals surface area (Å²) in [6.45, 7) is 4.63. The van der Waals surface area contributed by atoms with Crippen LogP contribution in [0.5, 0.6) is 0 Å². The molecular formula is C77H134O17P2. The number of aliphatic hydroxyl groups is 1. The number of unbranched alkanes of at least 4 members (excludes halogenated alkanes) is 28. The van der Waals surface area contributed by atoms with Crippen molar-refractivity contribution in [1.82, 2.24) is 0 Å². The second kappa shape index (κ2) is 69.5. The van der Waals surface area contributed by atoms with Gasteiger partial charge in [0.05, 0.1) is 26.4 Å². The lowest BCUT2D eigenvalue weighted by Crippen LogP contribution is -2.30. The van der Waals surface area contributed by atoms with Crippen LogP contribution in [0.4, 0.5) is 0 Å². The van der Waals surface area contributed by atoms with Crippen LogP contribution in [0.3, 0.4) is 0 Å². The number of allylic oxidation sites excluding steroid dienone is 16. The average molecular weight is 1390 g/mol. The molecule has 19 heteroatoms. The van der Waals surface area contributed by atoms with Crippen LogP contribution < -0.4 is 0 Å². The average Bonchev–Trinajstić information content (AvgIpc) is 3.12. The lowest BCUT2D eigenvalue weighted by molar-refractivity contribution is -0.161. The normalized spacial score (nSPS) is 14.5. The van der Waals surface area contributed by atoms with Gasteiger partial charge in [-0.3, -0.25) is 37.3 Å². The molecule has 0 aromatic rings. The van der Waals surface area contributed by atoms with E-state index in [1.54, 1.807) is 0 Å². The van der Waals surface area contributed by atoms with E-state index in [0.29, 0.717) is 32.1 Å². The van der Waals surface area contributed by atoms with Gasteiger partial charge in [0.2, 0.25) is 0 Å². The van der Waals surface area contributed by atoms with Gasteiger partial charge in [-0.1, -0.05) is 240 Å². The lowest BCUT2D eigenvalue weighted by Gasteiger charge is -2.21. The van der Waals surface area contributed by atoms with Crippen molar-refractivity contribution in [3.8, 4) is 0 Å². The number of phosphoric ester groups is 2. The summed E-state index contributed by atoms with van der Waals surface area (Å²) in [6.07, 6.45) is 71.2. The van der Waals surface area contributed by atoms with Gasteiger partial charge in [-0.25, -0.2) is 9.13 Å². The van der Waals surface area contributed by atoms with E-state index in [9.17, 15) is 43.2 Å². The highest BCUT2D eigenvalue weighted by Crippen LogP contribution is 2.45. The van der Waals surface area contributed by atoms with Crippen LogP contribution in [0.2, 0.25) is 0 Å². The SMILES string of the molecule is CC/C=C\C/C=C\C/C=C\C/C=C\C/C=C\CCCC(=O)OCC(COP(=O)(O)OCC(O)COP(=O)(O)OCC(COC(=O)CCCCCCC/C=C\CCCCCC)OC(=O)CCCCCCC/C=C\CCCCCC)OC(=O)CCCCCCC/C=C\CCCCCC. The molecule has 5 unspecified atom stereocenters. The summed E-state index contributed by atoms with van der Waals surface area (Å²) in [5.41, 5.74) is 0. The van der Waals surface area contributed by atoms with Crippen molar-refractivity contribution in [3.05, 3.63) is 97.2 Å². The van der Waals surface area contributed by atoms with Crippen molar-refractivity contribution in [2.75, 3.05) is 39.6 Å². The van der Waals surface area contributed by atoms with E-state index in [1.807, 2.05) is 12.2 Å². The number of ether oxygens (including phenoxy) is 4. The fraction of sp³-hybridized carbons (Fsp3) is 0.740. The first-order chi connectivity index (χ1) is 46.7. The topological polar surface area (TPSA) is 237 Å². The van der Waals surface area contributed by atoms with E-state index in [0.717, 1.165) is 148 Å². The number of phosphoric acid groups is 2. The summed E-state index contributed by atoms with van der Waals surface area (Å²) in [4.78, 5) is 72.7. The second-order valence-corrected chi connectivity index (χ2v) is 27.8. The minimum Gasteiger partial charge on any atom is -0.462 e. The van der Waals surface area contributed by atoms with Crippen LogP contribution in [0.15, 0.2) is 97.2 Å². The predicted molar refractivity (Wildman–Crippen MR) is 390 cm³/mol. The summed E-state index contributed by atoms with van der Waals surface area (Å²) in [7, 11) is -9.96. The first kappa shape index (κ1) is 92.0. The van der Waals surface area contributed by atoms with Gasteiger partial charge in [-0.15, -0.1) is 0 Å². The Hall–Kier alpha value is -4.02. The summed E-state index contributed by atoms with van der Waals surface area (Å²) >= 11 is 0. The van der Waals surface area contributed by atoms with Gasteiger partial charge in [0.1, 0.15) is 19.3 Å². The minimum atomic E-state index is -4.98. The largest absolute Gasteiger partial charge is 0.472 e. The van der Waals surface area contributed by atoms with Crippen molar-refractivity contribution in [2.45, 2.75) is 329 Å². The number of aliphatic hydroxyl groups excluding tert-OH is 1. The van der Waals surface area contributed by atoms with Gasteiger partial charge < -0.3 is 33.8 Å². The number of carbonyl (C=O) groups excluding carboxylic acids is 4. The van der Waals surface area contributed by atoms with Crippen LogP contribution in [-0.2, 0) is 65.4 Å². The number of carbonyl (C=O) groups is 4. The quantitative estimate of drug-likeness (QED) is 0.0169. The zero-order valence-corrected chi connectivity index (χ0v) is 62.1. The molecule has 96 heavy (non-hydrogen) atoms. The summed E-state index contributed by atoms with van der Waals surface area (Å²) in [5.74, 6) is -2.26. The fourth-order valence-corrected chi connectivity index (χ4v) is 11.3. The Morgan fingerprint density at radius 3 is 0.885 bits per heavy atom. The van der Waals surface area contributed by atoms with E-state index in [4.69, 9.17) is 37.0 Å². The molecule has 5 atom stereocenters. The Kier molecular flexibility index (Phi) is 66.6. The third-order valence-electron chi connectivity index (χ3n) is 15.5. The van der Waals surface area contributed by atoms with Gasteiger partial charge in [0.25, 0.3) is 0 Å². The molecule has 0 bridgehead atoms. The van der Waals surface area contributed by atoms with Crippen molar-refractivity contribution in [3.63, 3.8) is 0 Å². The molecule has 0 amide bonds. The van der Waals surface area contributed by atoms with Crippen molar-refractivity contribution in [1.29, 1.82) is 0 Å².